The Morgan fingerprint density at radius 2 is 0.330 bits per heavy atom. The highest BCUT2D eigenvalue weighted by molar-refractivity contribution is 6.23. The molecule has 0 spiro atoms. The third kappa shape index (κ3) is 10.4. The summed E-state index contributed by atoms with van der Waals surface area (Å²) in [5.41, 5.74) is 27.5. The SMILES string of the molecule is CCn1c2ccccc2c2cc(-c3ccc(-c4c5ccccc5c(-c5ccc(-c6ccc(-c7ccccc7)cc6)cc5)c5ccccc45)cc3)ccc21.CCn1c2ccccc2c2cc(-c3ccc(-c4c5ccccc5c(-c5ccc(-c6ccccc6)cc5)c5ccccc45)cc3)ccc21. The van der Waals surface area contributed by atoms with Crippen LogP contribution in [0.4, 0.5) is 0 Å². The van der Waals surface area contributed by atoms with E-state index in [9.17, 15) is 0 Å². The van der Waals surface area contributed by atoms with E-state index < -0.39 is 0 Å². The molecule has 19 rings (SSSR count). The first-order chi connectivity index (χ1) is 49.5. The van der Waals surface area contributed by atoms with E-state index in [0.29, 0.717) is 0 Å². The molecule has 17 aromatic carbocycles. The molecular weight excluding hydrogens is 1210 g/mol. The van der Waals surface area contributed by atoms with Crippen LogP contribution in [0.25, 0.3) is 187 Å². The molecule has 0 aliphatic carbocycles. The lowest BCUT2D eigenvalue weighted by Gasteiger charge is -2.18. The zero-order valence-corrected chi connectivity index (χ0v) is 55.9. The summed E-state index contributed by atoms with van der Waals surface area (Å²) in [4.78, 5) is 0. The molecule has 0 saturated heterocycles. The van der Waals surface area contributed by atoms with Crippen molar-refractivity contribution >= 4 is 86.7 Å². The number of aryl methyl sites for hydroxylation is 2. The summed E-state index contributed by atoms with van der Waals surface area (Å²) in [6, 6.07) is 134. The van der Waals surface area contributed by atoms with Crippen LogP contribution in [-0.4, -0.2) is 9.13 Å². The third-order valence-corrected chi connectivity index (χ3v) is 20.8. The van der Waals surface area contributed by atoms with Crippen LogP contribution in [0.5, 0.6) is 0 Å². The molecular formula is C98H70N2. The quantitative estimate of drug-likeness (QED) is 0.114. The molecule has 0 atom stereocenters. The van der Waals surface area contributed by atoms with E-state index in [2.05, 4.69) is 387 Å². The minimum absolute atomic E-state index is 0.952. The number of hydrogen-bond acceptors (Lipinski definition) is 0. The molecule has 0 amide bonds. The van der Waals surface area contributed by atoms with Crippen molar-refractivity contribution in [1.82, 2.24) is 9.13 Å². The summed E-state index contributed by atoms with van der Waals surface area (Å²) in [5, 5.41) is 15.4. The smallest absolute Gasteiger partial charge is 0.0491 e. The van der Waals surface area contributed by atoms with Crippen molar-refractivity contribution < 1.29 is 0 Å². The Labute approximate surface area is 583 Å². The highest BCUT2D eigenvalue weighted by Gasteiger charge is 2.21. The third-order valence-electron chi connectivity index (χ3n) is 20.8. The zero-order chi connectivity index (χ0) is 66.6. The molecule has 0 aliphatic rings. The molecule has 19 aromatic rings. The van der Waals surface area contributed by atoms with Crippen LogP contribution in [0, 0.1) is 0 Å². The van der Waals surface area contributed by atoms with Crippen molar-refractivity contribution in [3.05, 3.63) is 364 Å². The number of fused-ring (bicyclic) bond motifs is 10. The molecule has 2 aromatic heterocycles. The fourth-order valence-corrected chi connectivity index (χ4v) is 16.1. The molecule has 2 heteroatoms. The second-order valence-corrected chi connectivity index (χ2v) is 26.3. The average molecular weight is 1280 g/mol. The normalized spacial score (nSPS) is 11.6. The Hall–Kier alpha value is -12.6. The minimum atomic E-state index is 0.952. The van der Waals surface area contributed by atoms with Gasteiger partial charge in [-0.25, -0.2) is 0 Å². The maximum absolute atomic E-state index is 2.41. The average Bonchev–Trinajstić information content (AvgIpc) is 1.68. The standard InChI is InChI=1S/C52H37N.C46H33N/c1-2-53-49-19-11-10-14-43(49)48-34-42(32-33-50(48)53)39-26-30-41(31-27-39)52-46-17-8-6-15-44(46)51(45-16-7-9-18-47(45)52)40-28-24-38(25-29-40)37-22-20-36(21-23-37)35-12-4-3-5-13-35;1-2-47-43-19-11-10-14-37(43)42-30-36(28-29-44(42)47)33-22-26-35(27-23-33)46-40-17-8-6-15-38(40)45(39-16-7-9-18-41(39)46)34-24-20-32(21-25-34)31-12-4-3-5-13-31/h3-34H,2H2,1H3;3-30H,2H2,1H3. The van der Waals surface area contributed by atoms with Crippen molar-refractivity contribution in [2.75, 3.05) is 0 Å². The highest BCUT2D eigenvalue weighted by Crippen LogP contribution is 2.47. The Bertz CT molecular complexity index is 6160. The maximum atomic E-state index is 2.41. The van der Waals surface area contributed by atoms with E-state index in [0.717, 1.165) is 13.1 Å². The van der Waals surface area contributed by atoms with E-state index in [1.54, 1.807) is 0 Å². The second kappa shape index (κ2) is 25.4. The van der Waals surface area contributed by atoms with Crippen molar-refractivity contribution in [2.24, 2.45) is 0 Å². The van der Waals surface area contributed by atoms with Crippen LogP contribution in [0.3, 0.4) is 0 Å². The minimum Gasteiger partial charge on any atom is -0.341 e. The van der Waals surface area contributed by atoms with E-state index in [1.165, 1.54) is 187 Å². The Morgan fingerprint density at radius 1 is 0.150 bits per heavy atom. The maximum Gasteiger partial charge on any atom is 0.0491 e. The van der Waals surface area contributed by atoms with Crippen LogP contribution in [-0.2, 0) is 13.1 Å². The molecule has 0 bridgehead atoms. The molecule has 472 valence electrons. The molecule has 0 N–H and O–H groups in total. The number of aromatic nitrogens is 2. The van der Waals surface area contributed by atoms with E-state index in [-0.39, 0.29) is 0 Å². The van der Waals surface area contributed by atoms with Gasteiger partial charge in [0.25, 0.3) is 0 Å². The Kier molecular flexibility index (Phi) is 15.2. The largest absolute Gasteiger partial charge is 0.341 e. The van der Waals surface area contributed by atoms with Gasteiger partial charge in [0.05, 0.1) is 0 Å². The molecule has 0 aliphatic heterocycles. The van der Waals surface area contributed by atoms with Crippen molar-refractivity contribution in [3.63, 3.8) is 0 Å². The van der Waals surface area contributed by atoms with Gasteiger partial charge in [0.1, 0.15) is 0 Å². The first-order valence-electron chi connectivity index (χ1n) is 35.1. The molecule has 100 heavy (non-hydrogen) atoms. The number of benzene rings is 17. The van der Waals surface area contributed by atoms with Gasteiger partial charge in [-0.1, -0.05) is 328 Å². The Balaban J connectivity index is 0.000000145. The van der Waals surface area contributed by atoms with Gasteiger partial charge in [-0.2, -0.15) is 0 Å². The fraction of sp³-hybridized carbons (Fsp3) is 0.0408. The van der Waals surface area contributed by atoms with E-state index in [4.69, 9.17) is 0 Å². The summed E-state index contributed by atoms with van der Waals surface area (Å²) < 4.78 is 4.82. The summed E-state index contributed by atoms with van der Waals surface area (Å²) >= 11 is 0. The zero-order valence-electron chi connectivity index (χ0n) is 55.9. The predicted molar refractivity (Wildman–Crippen MR) is 429 cm³/mol. The number of rotatable bonds is 11. The molecule has 0 unspecified atom stereocenters. The van der Waals surface area contributed by atoms with Crippen LogP contribution in [0.1, 0.15) is 13.8 Å². The van der Waals surface area contributed by atoms with Gasteiger partial charge in [-0.3, -0.25) is 0 Å². The van der Waals surface area contributed by atoms with E-state index >= 15 is 0 Å². The van der Waals surface area contributed by atoms with Gasteiger partial charge in [-0.15, -0.1) is 0 Å². The lowest BCUT2D eigenvalue weighted by Crippen LogP contribution is -1.92. The first kappa shape index (κ1) is 59.8. The van der Waals surface area contributed by atoms with Gasteiger partial charge < -0.3 is 9.13 Å². The molecule has 0 radical (unpaired) electrons. The number of para-hydroxylation sites is 2. The highest BCUT2D eigenvalue weighted by atomic mass is 15.0. The summed E-state index contributed by atoms with van der Waals surface area (Å²) in [6.07, 6.45) is 0. The van der Waals surface area contributed by atoms with Crippen LogP contribution < -0.4 is 0 Å². The van der Waals surface area contributed by atoms with Gasteiger partial charge >= 0.3 is 0 Å². The molecule has 2 nitrogen and oxygen atoms in total. The Morgan fingerprint density at radius 3 is 0.580 bits per heavy atom. The summed E-state index contributed by atoms with van der Waals surface area (Å²) in [6.45, 7) is 6.35. The monoisotopic (exact) mass is 1270 g/mol. The van der Waals surface area contributed by atoms with Crippen molar-refractivity contribution in [2.45, 2.75) is 26.9 Å². The van der Waals surface area contributed by atoms with Crippen LogP contribution in [0.2, 0.25) is 0 Å². The van der Waals surface area contributed by atoms with Gasteiger partial charge in [0, 0.05) is 56.7 Å². The van der Waals surface area contributed by atoms with Gasteiger partial charge in [0.2, 0.25) is 0 Å². The second-order valence-electron chi connectivity index (χ2n) is 26.3. The lowest BCUT2D eigenvalue weighted by atomic mass is 9.85. The van der Waals surface area contributed by atoms with Gasteiger partial charge in [0.15, 0.2) is 0 Å². The molecule has 0 fully saturated rings. The van der Waals surface area contributed by atoms with E-state index in [1.807, 2.05) is 0 Å². The van der Waals surface area contributed by atoms with Crippen molar-refractivity contribution in [3.8, 4) is 100 Å². The van der Waals surface area contributed by atoms with Crippen LogP contribution >= 0.6 is 0 Å². The number of hydrogen-bond donors (Lipinski definition) is 0. The molecule has 0 saturated carbocycles. The molecule has 2 heterocycles. The predicted octanol–water partition coefficient (Wildman–Crippen LogP) is 27.2. The lowest BCUT2D eigenvalue weighted by molar-refractivity contribution is 0.827. The van der Waals surface area contributed by atoms with Gasteiger partial charge in [-0.05, 0) is 193 Å². The fourth-order valence-electron chi connectivity index (χ4n) is 16.1. The summed E-state index contributed by atoms with van der Waals surface area (Å²) in [7, 11) is 0. The summed E-state index contributed by atoms with van der Waals surface area (Å²) in [5.74, 6) is 0. The van der Waals surface area contributed by atoms with Crippen molar-refractivity contribution in [1.29, 1.82) is 0 Å². The first-order valence-corrected chi connectivity index (χ1v) is 35.1. The topological polar surface area (TPSA) is 9.86 Å². The van der Waals surface area contributed by atoms with Crippen LogP contribution in [0.15, 0.2) is 364 Å². The number of nitrogens with zero attached hydrogens (tertiary/aromatic N) is 2.